The van der Waals surface area contributed by atoms with Gasteiger partial charge in [0, 0.05) is 56.6 Å². The van der Waals surface area contributed by atoms with E-state index in [1.807, 2.05) is 0 Å². The van der Waals surface area contributed by atoms with Crippen LogP contribution < -0.4 is 10.6 Å². The summed E-state index contributed by atoms with van der Waals surface area (Å²) in [6, 6.07) is 6.41. The summed E-state index contributed by atoms with van der Waals surface area (Å²) in [6.45, 7) is 16.8. The van der Waals surface area contributed by atoms with E-state index < -0.39 is 0 Å². The summed E-state index contributed by atoms with van der Waals surface area (Å²) in [4.78, 5) is 28.6. The largest absolute Gasteiger partial charge is 0.382 e. The summed E-state index contributed by atoms with van der Waals surface area (Å²) >= 11 is 0. The van der Waals surface area contributed by atoms with Crippen molar-refractivity contribution in [3.63, 3.8) is 0 Å². The lowest BCUT2D eigenvalue weighted by atomic mass is 10.1. The molecule has 0 saturated carbocycles. The number of benzene rings is 1. The molecule has 1 aromatic carbocycles. The molecule has 15 heteroatoms. The first kappa shape index (κ1) is 42.7. The third-order valence-corrected chi connectivity index (χ3v) is 8.74. The van der Waals surface area contributed by atoms with Crippen molar-refractivity contribution in [2.75, 3.05) is 149 Å². The number of nitrogens with two attached hydrogens (primary N) is 1. The Morgan fingerprint density at radius 2 is 1.23 bits per heavy atom. The van der Waals surface area contributed by atoms with Gasteiger partial charge in [-0.15, -0.1) is 0 Å². The van der Waals surface area contributed by atoms with E-state index in [1.54, 1.807) is 6.92 Å². The minimum Gasteiger partial charge on any atom is -0.382 e. The van der Waals surface area contributed by atoms with Gasteiger partial charge in [0.05, 0.1) is 111 Å². The monoisotopic (exact) mass is 746 g/mol. The van der Waals surface area contributed by atoms with Gasteiger partial charge in [-0.2, -0.15) is 0 Å². The van der Waals surface area contributed by atoms with Crippen LogP contribution in [0.25, 0.3) is 21.9 Å². The zero-order chi connectivity index (χ0) is 37.4. The minimum atomic E-state index is 0.128. The summed E-state index contributed by atoms with van der Waals surface area (Å²) in [5.74, 6) is 1.61. The fraction of sp³-hybridized carbons (Fsp3) is 0.711. The Bertz CT molecular complexity index is 1440. The standard InChI is InChI=1S/C38H62N6O9/c1-3-4-5-35-41-36-33-30-32(6-7-34(33)40-38(39)37(36)42-35)44-11-9-43(10-12-44)13-15-47-17-19-49-21-23-51-25-27-53-29-28-52-26-24-50-22-20-48-18-16-46-14-8-31(2)45/h6-7,30H,3-5,8-29H2,1-2H3,(H2,39,40)(H,41,42). The van der Waals surface area contributed by atoms with E-state index in [0.717, 1.165) is 79.7 Å². The number of imidazole rings is 1. The van der Waals surface area contributed by atoms with Crippen molar-refractivity contribution in [3.05, 3.63) is 24.0 Å². The quantitative estimate of drug-likeness (QED) is 0.0922. The molecule has 1 saturated heterocycles. The van der Waals surface area contributed by atoms with Gasteiger partial charge in [-0.05, 0) is 31.5 Å². The Morgan fingerprint density at radius 1 is 0.717 bits per heavy atom. The van der Waals surface area contributed by atoms with Crippen molar-refractivity contribution in [2.45, 2.75) is 39.5 Å². The van der Waals surface area contributed by atoms with Crippen molar-refractivity contribution in [3.8, 4) is 0 Å². The molecular weight excluding hydrogens is 684 g/mol. The number of aromatic amines is 1. The zero-order valence-electron chi connectivity index (χ0n) is 32.0. The number of aryl methyl sites for hydroxylation is 1. The molecule has 1 aliphatic rings. The third-order valence-electron chi connectivity index (χ3n) is 8.74. The number of nitrogens with one attached hydrogen (secondary N) is 1. The molecular formula is C38H62N6O9. The number of hydrogen-bond acceptors (Lipinski definition) is 14. The average molecular weight is 747 g/mol. The predicted octanol–water partition coefficient (Wildman–Crippen LogP) is 3.27. The van der Waals surface area contributed by atoms with E-state index in [1.165, 1.54) is 5.69 Å². The number of piperazine rings is 1. The molecule has 0 radical (unpaired) electrons. The maximum atomic E-state index is 10.8. The number of unbranched alkanes of at least 4 members (excludes halogenated alkanes) is 1. The fourth-order valence-electron chi connectivity index (χ4n) is 5.74. The smallest absolute Gasteiger partial charge is 0.150 e. The summed E-state index contributed by atoms with van der Waals surface area (Å²) in [5, 5.41) is 1.04. The zero-order valence-corrected chi connectivity index (χ0v) is 32.0. The number of carbonyl (C=O) groups excluding carboxylic acids is 1. The van der Waals surface area contributed by atoms with E-state index >= 15 is 0 Å². The molecule has 0 atom stereocenters. The van der Waals surface area contributed by atoms with Crippen LogP contribution in [0.15, 0.2) is 18.2 Å². The normalized spacial score (nSPS) is 13.9. The van der Waals surface area contributed by atoms with Gasteiger partial charge >= 0.3 is 0 Å². The number of rotatable bonds is 31. The highest BCUT2D eigenvalue weighted by Gasteiger charge is 2.19. The molecule has 0 spiro atoms. The van der Waals surface area contributed by atoms with Crippen LogP contribution in [0.1, 0.15) is 38.9 Å². The molecule has 53 heavy (non-hydrogen) atoms. The van der Waals surface area contributed by atoms with Gasteiger partial charge in [0.2, 0.25) is 0 Å². The molecule has 0 unspecified atom stereocenters. The number of aromatic nitrogens is 3. The molecule has 4 rings (SSSR count). The van der Waals surface area contributed by atoms with Gasteiger partial charge in [0.15, 0.2) is 0 Å². The first-order valence-electron chi connectivity index (χ1n) is 19.2. The fourth-order valence-corrected chi connectivity index (χ4v) is 5.74. The number of nitrogen functional groups attached to an aromatic ring is 1. The summed E-state index contributed by atoms with van der Waals surface area (Å²) < 4.78 is 44.2. The Kier molecular flexibility index (Phi) is 20.9. The summed E-state index contributed by atoms with van der Waals surface area (Å²) in [6.07, 6.45) is 3.57. The number of anilines is 2. The molecule has 1 aliphatic heterocycles. The van der Waals surface area contributed by atoms with Crippen LogP contribution in [0.4, 0.5) is 11.5 Å². The predicted molar refractivity (Wildman–Crippen MR) is 205 cm³/mol. The molecule has 3 aromatic rings. The first-order valence-corrected chi connectivity index (χ1v) is 19.2. The molecule has 3 heterocycles. The van der Waals surface area contributed by atoms with Crippen LogP contribution in [0.2, 0.25) is 0 Å². The van der Waals surface area contributed by atoms with Crippen LogP contribution in [-0.2, 0) is 49.1 Å². The van der Waals surface area contributed by atoms with Crippen LogP contribution in [0, 0.1) is 0 Å². The first-order chi connectivity index (χ1) is 26.0. The van der Waals surface area contributed by atoms with Gasteiger partial charge in [-0.3, -0.25) is 9.69 Å². The minimum absolute atomic E-state index is 0.128. The molecule has 0 aliphatic carbocycles. The second kappa shape index (κ2) is 25.9. The summed E-state index contributed by atoms with van der Waals surface area (Å²) in [7, 11) is 0. The van der Waals surface area contributed by atoms with Crippen molar-refractivity contribution in [1.29, 1.82) is 0 Å². The lowest BCUT2D eigenvalue weighted by molar-refractivity contribution is -0.118. The lowest BCUT2D eigenvalue weighted by Crippen LogP contribution is -2.47. The number of ketones is 1. The van der Waals surface area contributed by atoms with Gasteiger partial charge < -0.3 is 53.5 Å². The molecule has 1 fully saturated rings. The molecule has 298 valence electrons. The lowest BCUT2D eigenvalue weighted by Gasteiger charge is -2.36. The molecule has 15 nitrogen and oxygen atoms in total. The average Bonchev–Trinajstić information content (AvgIpc) is 3.61. The number of fused-ring (bicyclic) bond motifs is 3. The highest BCUT2D eigenvalue weighted by atomic mass is 16.6. The number of pyridine rings is 1. The number of Topliss-reactive ketones (excluding diaryl/α,β-unsaturated/α-hetero) is 1. The number of nitrogens with zero attached hydrogens (tertiary/aromatic N) is 4. The number of hydrogen-bond donors (Lipinski definition) is 2. The maximum absolute atomic E-state index is 10.8. The Morgan fingerprint density at radius 3 is 1.74 bits per heavy atom. The third kappa shape index (κ3) is 16.5. The van der Waals surface area contributed by atoms with E-state index in [2.05, 4.69) is 44.9 Å². The van der Waals surface area contributed by atoms with Crippen LogP contribution in [0.3, 0.4) is 0 Å². The Hall–Kier alpha value is -2.99. The van der Waals surface area contributed by atoms with Gasteiger partial charge in [0.1, 0.15) is 28.5 Å². The maximum Gasteiger partial charge on any atom is 0.150 e. The van der Waals surface area contributed by atoms with Crippen LogP contribution in [-0.4, -0.2) is 164 Å². The van der Waals surface area contributed by atoms with Gasteiger partial charge in [-0.1, -0.05) is 13.3 Å². The molecule has 2 aromatic heterocycles. The number of carbonyl (C=O) groups is 1. The highest BCUT2D eigenvalue weighted by molar-refractivity contribution is 6.07. The summed E-state index contributed by atoms with van der Waals surface area (Å²) in [5.41, 5.74) is 10.1. The van der Waals surface area contributed by atoms with Crippen molar-refractivity contribution < 1.29 is 42.7 Å². The molecule has 3 N–H and O–H groups in total. The molecule has 0 bridgehead atoms. The SMILES string of the molecule is CCCCc1nc2c([nH]1)c(N)nc1ccc(N3CCN(CCOCCOCCOCCOCCOCCOCCOCCOCCC(C)=O)CC3)cc12. The topological polar surface area (TPSA) is 165 Å². The Labute approximate surface area is 314 Å². The number of H-pyrrole nitrogens is 1. The van der Waals surface area contributed by atoms with Crippen LogP contribution >= 0.6 is 0 Å². The second-order valence-electron chi connectivity index (χ2n) is 12.9. The highest BCUT2D eigenvalue weighted by Crippen LogP contribution is 2.30. The van der Waals surface area contributed by atoms with Crippen LogP contribution in [0.5, 0.6) is 0 Å². The van der Waals surface area contributed by atoms with E-state index in [4.69, 9.17) is 48.6 Å². The second-order valence-corrected chi connectivity index (χ2v) is 12.9. The van der Waals surface area contributed by atoms with E-state index in [9.17, 15) is 4.79 Å². The molecule has 0 amide bonds. The van der Waals surface area contributed by atoms with Crippen molar-refractivity contribution in [2.24, 2.45) is 0 Å². The van der Waals surface area contributed by atoms with E-state index in [-0.39, 0.29) is 5.78 Å². The van der Waals surface area contributed by atoms with Crippen molar-refractivity contribution in [1.82, 2.24) is 19.9 Å². The van der Waals surface area contributed by atoms with Gasteiger partial charge in [-0.25, -0.2) is 9.97 Å². The Balaban J connectivity index is 0.907. The van der Waals surface area contributed by atoms with Gasteiger partial charge in [0.25, 0.3) is 0 Å². The number of ether oxygens (including phenoxy) is 8. The van der Waals surface area contributed by atoms with Crippen molar-refractivity contribution >= 4 is 39.2 Å². The van der Waals surface area contributed by atoms with E-state index in [0.29, 0.717) is 118 Å².